The maximum absolute atomic E-state index is 5.56. The lowest BCUT2D eigenvalue weighted by Gasteiger charge is -2.11. The van der Waals surface area contributed by atoms with E-state index in [1.165, 1.54) is 38.5 Å². The van der Waals surface area contributed by atoms with Crippen molar-refractivity contribution in [3.63, 3.8) is 0 Å². The number of guanidine groups is 1. The van der Waals surface area contributed by atoms with Crippen LogP contribution < -0.4 is 10.6 Å². The van der Waals surface area contributed by atoms with Crippen molar-refractivity contribution in [3.05, 3.63) is 0 Å². The van der Waals surface area contributed by atoms with Gasteiger partial charge in [-0.25, -0.2) is 0 Å². The molecule has 1 saturated carbocycles. The third kappa shape index (κ3) is 8.34. The first-order valence-electron chi connectivity index (χ1n) is 7.39. The van der Waals surface area contributed by atoms with Crippen LogP contribution in [0.15, 0.2) is 4.99 Å². The summed E-state index contributed by atoms with van der Waals surface area (Å²) in [6.45, 7) is 5.78. The van der Waals surface area contributed by atoms with Gasteiger partial charge in [0.05, 0.1) is 6.61 Å². The Morgan fingerprint density at radius 3 is 2.61 bits per heavy atom. The molecule has 1 fully saturated rings. The van der Waals surface area contributed by atoms with Gasteiger partial charge in [-0.3, -0.25) is 4.99 Å². The van der Waals surface area contributed by atoms with Crippen molar-refractivity contribution in [3.8, 4) is 0 Å². The summed E-state index contributed by atoms with van der Waals surface area (Å²) in [6, 6.07) is 0. The highest BCUT2D eigenvalue weighted by Gasteiger charge is 2.20. The van der Waals surface area contributed by atoms with Crippen molar-refractivity contribution < 1.29 is 4.74 Å². The van der Waals surface area contributed by atoms with Crippen LogP contribution in [0, 0.1) is 5.92 Å². The average molecular weight is 255 g/mol. The van der Waals surface area contributed by atoms with E-state index in [-0.39, 0.29) is 0 Å². The Bertz CT molecular complexity index is 227. The molecule has 0 aromatic carbocycles. The fourth-order valence-electron chi connectivity index (χ4n) is 1.76. The molecule has 1 rings (SSSR count). The molecule has 2 N–H and O–H groups in total. The molecule has 0 radical (unpaired) electrons. The van der Waals surface area contributed by atoms with Crippen LogP contribution >= 0.6 is 0 Å². The van der Waals surface area contributed by atoms with Gasteiger partial charge in [-0.15, -0.1) is 0 Å². The molecule has 4 heteroatoms. The fraction of sp³-hybridized carbons (Fsp3) is 0.929. The third-order valence-corrected chi connectivity index (χ3v) is 3.14. The number of aliphatic imine (C=N–C) groups is 1. The maximum atomic E-state index is 5.56. The molecule has 0 atom stereocenters. The first-order chi connectivity index (χ1) is 8.86. The average Bonchev–Trinajstić information content (AvgIpc) is 3.19. The van der Waals surface area contributed by atoms with E-state index in [2.05, 4.69) is 22.5 Å². The number of rotatable bonds is 10. The number of unbranched alkanes of at least 4 members (excludes halogenated alkanes) is 3. The number of nitrogens with one attached hydrogen (secondary N) is 2. The van der Waals surface area contributed by atoms with E-state index < -0.39 is 0 Å². The van der Waals surface area contributed by atoms with Crippen LogP contribution in [0.3, 0.4) is 0 Å². The van der Waals surface area contributed by atoms with Crippen LogP contribution in [0.4, 0.5) is 0 Å². The van der Waals surface area contributed by atoms with E-state index in [4.69, 9.17) is 4.74 Å². The van der Waals surface area contributed by atoms with Crippen LogP contribution in [-0.2, 0) is 4.74 Å². The van der Waals surface area contributed by atoms with Gasteiger partial charge in [-0.1, -0.05) is 26.2 Å². The normalized spacial score (nSPS) is 15.8. The van der Waals surface area contributed by atoms with Gasteiger partial charge < -0.3 is 15.4 Å². The standard InChI is InChI=1S/C14H29N3O/c1-3-4-5-6-9-16-14(15-2)17-10-11-18-12-13-7-8-13/h13H,3-12H2,1-2H3,(H2,15,16,17). The molecule has 0 bridgehead atoms. The lowest BCUT2D eigenvalue weighted by molar-refractivity contribution is 0.129. The predicted octanol–water partition coefficient (Wildman–Crippen LogP) is 2.16. The first kappa shape index (κ1) is 15.3. The Balaban J connectivity index is 1.88. The molecule has 0 aliphatic heterocycles. The molecular weight excluding hydrogens is 226 g/mol. The van der Waals surface area contributed by atoms with Gasteiger partial charge in [0.25, 0.3) is 0 Å². The zero-order valence-corrected chi connectivity index (χ0v) is 12.0. The Morgan fingerprint density at radius 1 is 1.17 bits per heavy atom. The predicted molar refractivity (Wildman–Crippen MR) is 77.0 cm³/mol. The molecule has 106 valence electrons. The van der Waals surface area contributed by atoms with Crippen molar-refractivity contribution in [1.82, 2.24) is 10.6 Å². The van der Waals surface area contributed by atoms with Gasteiger partial charge in [0.15, 0.2) is 5.96 Å². The van der Waals surface area contributed by atoms with Gasteiger partial charge in [-0.2, -0.15) is 0 Å². The molecule has 1 aliphatic carbocycles. The van der Waals surface area contributed by atoms with E-state index in [0.29, 0.717) is 0 Å². The fourth-order valence-corrected chi connectivity index (χ4v) is 1.76. The minimum Gasteiger partial charge on any atom is -0.379 e. The zero-order chi connectivity index (χ0) is 13.1. The molecule has 0 spiro atoms. The second kappa shape index (κ2) is 10.2. The molecule has 18 heavy (non-hydrogen) atoms. The largest absolute Gasteiger partial charge is 0.379 e. The summed E-state index contributed by atoms with van der Waals surface area (Å²) in [6.07, 6.45) is 7.83. The van der Waals surface area contributed by atoms with Gasteiger partial charge in [-0.05, 0) is 25.2 Å². The summed E-state index contributed by atoms with van der Waals surface area (Å²) in [5.41, 5.74) is 0. The third-order valence-electron chi connectivity index (χ3n) is 3.14. The number of ether oxygens (including phenoxy) is 1. The Labute approximate surface area is 112 Å². The van der Waals surface area contributed by atoms with Crippen molar-refractivity contribution in [1.29, 1.82) is 0 Å². The quantitative estimate of drug-likeness (QED) is 0.357. The summed E-state index contributed by atoms with van der Waals surface area (Å²) in [4.78, 5) is 4.19. The topological polar surface area (TPSA) is 45.7 Å². The highest BCUT2D eigenvalue weighted by Crippen LogP contribution is 2.28. The Morgan fingerprint density at radius 2 is 1.94 bits per heavy atom. The second-order valence-corrected chi connectivity index (χ2v) is 5.00. The number of hydrogen-bond acceptors (Lipinski definition) is 2. The monoisotopic (exact) mass is 255 g/mol. The maximum Gasteiger partial charge on any atom is 0.191 e. The second-order valence-electron chi connectivity index (χ2n) is 5.00. The smallest absolute Gasteiger partial charge is 0.191 e. The van der Waals surface area contributed by atoms with Crippen LogP contribution in [-0.4, -0.2) is 39.3 Å². The molecule has 4 nitrogen and oxygen atoms in total. The number of hydrogen-bond donors (Lipinski definition) is 2. The summed E-state index contributed by atoms with van der Waals surface area (Å²) < 4.78 is 5.56. The van der Waals surface area contributed by atoms with Gasteiger partial charge >= 0.3 is 0 Å². The van der Waals surface area contributed by atoms with Crippen LogP contribution in [0.5, 0.6) is 0 Å². The highest BCUT2D eigenvalue weighted by molar-refractivity contribution is 5.79. The van der Waals surface area contributed by atoms with E-state index in [9.17, 15) is 0 Å². The van der Waals surface area contributed by atoms with E-state index in [0.717, 1.165) is 38.2 Å². The summed E-state index contributed by atoms with van der Waals surface area (Å²) in [5.74, 6) is 1.74. The molecule has 0 amide bonds. The summed E-state index contributed by atoms with van der Waals surface area (Å²) in [7, 11) is 1.81. The SMILES string of the molecule is CCCCCCNC(=NC)NCCOCC1CC1. The van der Waals surface area contributed by atoms with Crippen LogP contribution in [0.2, 0.25) is 0 Å². The molecule has 0 heterocycles. The Hall–Kier alpha value is -0.770. The minimum absolute atomic E-state index is 0.771. The van der Waals surface area contributed by atoms with Gasteiger partial charge in [0.2, 0.25) is 0 Å². The molecule has 0 saturated heterocycles. The van der Waals surface area contributed by atoms with Gasteiger partial charge in [0, 0.05) is 26.7 Å². The van der Waals surface area contributed by atoms with Crippen LogP contribution in [0.25, 0.3) is 0 Å². The van der Waals surface area contributed by atoms with Crippen molar-refractivity contribution >= 4 is 5.96 Å². The van der Waals surface area contributed by atoms with E-state index in [1.54, 1.807) is 0 Å². The lowest BCUT2D eigenvalue weighted by atomic mass is 10.2. The Kier molecular flexibility index (Phi) is 8.65. The number of nitrogens with zero attached hydrogens (tertiary/aromatic N) is 1. The first-order valence-corrected chi connectivity index (χ1v) is 7.39. The molecule has 1 aliphatic rings. The molecule has 0 unspecified atom stereocenters. The molecule has 0 aromatic heterocycles. The highest BCUT2D eigenvalue weighted by atomic mass is 16.5. The van der Waals surface area contributed by atoms with Crippen LogP contribution in [0.1, 0.15) is 45.4 Å². The zero-order valence-electron chi connectivity index (χ0n) is 12.0. The summed E-state index contributed by atoms with van der Waals surface area (Å²) in [5, 5.41) is 6.59. The van der Waals surface area contributed by atoms with E-state index >= 15 is 0 Å². The molecular formula is C14H29N3O. The van der Waals surface area contributed by atoms with Crippen molar-refractivity contribution in [2.45, 2.75) is 45.4 Å². The van der Waals surface area contributed by atoms with E-state index in [1.807, 2.05) is 7.05 Å². The summed E-state index contributed by atoms with van der Waals surface area (Å²) >= 11 is 0. The van der Waals surface area contributed by atoms with Crippen molar-refractivity contribution in [2.24, 2.45) is 10.9 Å². The molecule has 0 aromatic rings. The van der Waals surface area contributed by atoms with Crippen molar-refractivity contribution in [2.75, 3.05) is 33.4 Å². The lowest BCUT2D eigenvalue weighted by Crippen LogP contribution is -2.39. The van der Waals surface area contributed by atoms with Gasteiger partial charge in [0.1, 0.15) is 0 Å². The minimum atomic E-state index is 0.771.